The zero-order valence-corrected chi connectivity index (χ0v) is 8.20. The highest BCUT2D eigenvalue weighted by molar-refractivity contribution is 5.62. The highest BCUT2D eigenvalue weighted by atomic mass is 16.1. The average Bonchev–Trinajstić information content (AvgIpc) is 2.25. The summed E-state index contributed by atoms with van der Waals surface area (Å²) in [6, 6.07) is 10.1. The second-order valence-corrected chi connectivity index (χ2v) is 3.18. The minimum atomic E-state index is 0.787. The summed E-state index contributed by atoms with van der Waals surface area (Å²) in [5.41, 5.74) is 2.31. The Hall–Kier alpha value is -1.59. The molecule has 14 heavy (non-hydrogen) atoms. The van der Waals surface area contributed by atoms with Crippen molar-refractivity contribution in [2.24, 2.45) is 0 Å². The first kappa shape index (κ1) is 10.5. The fourth-order valence-corrected chi connectivity index (χ4v) is 1.29. The van der Waals surface area contributed by atoms with Crippen molar-refractivity contribution < 1.29 is 4.79 Å². The molecule has 0 atom stereocenters. The quantitative estimate of drug-likeness (QED) is 0.509. The van der Waals surface area contributed by atoms with Gasteiger partial charge >= 0.3 is 0 Å². The Kier molecular flexibility index (Phi) is 4.46. The Morgan fingerprint density at radius 2 is 2.07 bits per heavy atom. The fourth-order valence-electron chi connectivity index (χ4n) is 1.29. The monoisotopic (exact) mass is 186 g/mol. The molecule has 0 saturated carbocycles. The summed E-state index contributed by atoms with van der Waals surface area (Å²) in [5.74, 6) is 1.78. The Balaban J connectivity index is 2.40. The van der Waals surface area contributed by atoms with Gasteiger partial charge in [-0.2, -0.15) is 0 Å². The average molecular weight is 186 g/mol. The SMILES string of the molecule is C=C(CCCC=C=O)c1ccccc1. The molecule has 0 aromatic heterocycles. The van der Waals surface area contributed by atoms with Gasteiger partial charge in [-0.1, -0.05) is 36.9 Å². The lowest BCUT2D eigenvalue weighted by Gasteiger charge is -2.03. The standard InChI is InChI=1S/C13H14O/c1-12(8-4-3-7-11-14)13-9-5-2-6-10-13/h2,5-7,9-10H,1,3-4,8H2. The maximum Gasteiger partial charge on any atom is 0.120 e. The highest BCUT2D eigenvalue weighted by Gasteiger charge is 1.96. The zero-order valence-electron chi connectivity index (χ0n) is 8.20. The van der Waals surface area contributed by atoms with Crippen LogP contribution in [0.1, 0.15) is 24.8 Å². The molecule has 0 fully saturated rings. The van der Waals surface area contributed by atoms with Crippen molar-refractivity contribution in [2.75, 3.05) is 0 Å². The van der Waals surface area contributed by atoms with Crippen molar-refractivity contribution >= 4 is 11.5 Å². The van der Waals surface area contributed by atoms with Gasteiger partial charge in [0.05, 0.1) is 0 Å². The molecule has 1 nitrogen and oxygen atoms in total. The first-order valence-corrected chi connectivity index (χ1v) is 4.77. The lowest BCUT2D eigenvalue weighted by Crippen LogP contribution is -1.82. The summed E-state index contributed by atoms with van der Waals surface area (Å²) < 4.78 is 0. The van der Waals surface area contributed by atoms with Crippen LogP contribution in [0.2, 0.25) is 0 Å². The topological polar surface area (TPSA) is 17.1 Å². The second-order valence-electron chi connectivity index (χ2n) is 3.18. The lowest BCUT2D eigenvalue weighted by molar-refractivity contribution is 0.568. The van der Waals surface area contributed by atoms with E-state index in [1.165, 1.54) is 11.6 Å². The maximum absolute atomic E-state index is 9.92. The van der Waals surface area contributed by atoms with E-state index in [9.17, 15) is 4.79 Å². The molecule has 0 aliphatic rings. The van der Waals surface area contributed by atoms with Crippen LogP contribution in [0.4, 0.5) is 0 Å². The molecule has 1 heteroatoms. The van der Waals surface area contributed by atoms with Crippen molar-refractivity contribution in [1.82, 2.24) is 0 Å². The lowest BCUT2D eigenvalue weighted by atomic mass is 10.0. The summed E-state index contributed by atoms with van der Waals surface area (Å²) in [7, 11) is 0. The predicted molar refractivity (Wildman–Crippen MR) is 59.6 cm³/mol. The van der Waals surface area contributed by atoms with Crippen LogP contribution in [-0.4, -0.2) is 5.94 Å². The zero-order chi connectivity index (χ0) is 10.2. The Morgan fingerprint density at radius 3 is 2.71 bits per heavy atom. The second kappa shape index (κ2) is 5.95. The van der Waals surface area contributed by atoms with E-state index in [4.69, 9.17) is 0 Å². The first-order valence-electron chi connectivity index (χ1n) is 4.77. The van der Waals surface area contributed by atoms with Crippen LogP contribution in [0, 0.1) is 0 Å². The summed E-state index contributed by atoms with van der Waals surface area (Å²) in [4.78, 5) is 9.92. The molecule has 0 N–H and O–H groups in total. The van der Waals surface area contributed by atoms with Crippen molar-refractivity contribution in [3.8, 4) is 0 Å². The Morgan fingerprint density at radius 1 is 1.36 bits per heavy atom. The van der Waals surface area contributed by atoms with Gasteiger partial charge < -0.3 is 0 Å². The van der Waals surface area contributed by atoms with Crippen molar-refractivity contribution in [1.29, 1.82) is 0 Å². The minimum Gasteiger partial charge on any atom is -0.234 e. The number of unbranched alkanes of at least 4 members (excludes halogenated alkanes) is 1. The van der Waals surface area contributed by atoms with Crippen molar-refractivity contribution in [3.63, 3.8) is 0 Å². The summed E-state index contributed by atoms with van der Waals surface area (Å²) >= 11 is 0. The summed E-state index contributed by atoms with van der Waals surface area (Å²) in [6.07, 6.45) is 4.21. The molecule has 0 radical (unpaired) electrons. The van der Waals surface area contributed by atoms with E-state index in [0.717, 1.165) is 24.8 Å². The number of carbonyl (C=O) groups excluding carboxylic acids is 1. The van der Waals surface area contributed by atoms with Crippen LogP contribution < -0.4 is 0 Å². The van der Waals surface area contributed by atoms with Crippen LogP contribution in [0.3, 0.4) is 0 Å². The third kappa shape index (κ3) is 3.42. The summed E-state index contributed by atoms with van der Waals surface area (Å²) in [5, 5.41) is 0. The van der Waals surface area contributed by atoms with Gasteiger partial charge in [-0.25, -0.2) is 4.79 Å². The van der Waals surface area contributed by atoms with Gasteiger partial charge in [0.15, 0.2) is 0 Å². The number of hydrogen-bond acceptors (Lipinski definition) is 1. The van der Waals surface area contributed by atoms with E-state index in [-0.39, 0.29) is 0 Å². The summed E-state index contributed by atoms with van der Waals surface area (Å²) in [6.45, 7) is 4.01. The van der Waals surface area contributed by atoms with Gasteiger partial charge in [-0.15, -0.1) is 0 Å². The molecule has 72 valence electrons. The molecule has 0 amide bonds. The van der Waals surface area contributed by atoms with Crippen LogP contribution >= 0.6 is 0 Å². The molecule has 1 aromatic rings. The molecular weight excluding hydrogens is 172 g/mol. The van der Waals surface area contributed by atoms with Crippen LogP contribution in [0.25, 0.3) is 5.57 Å². The molecular formula is C13H14O. The molecule has 0 heterocycles. The van der Waals surface area contributed by atoms with Crippen LogP contribution in [-0.2, 0) is 4.79 Å². The van der Waals surface area contributed by atoms with Gasteiger partial charge in [0.25, 0.3) is 0 Å². The molecule has 0 spiro atoms. The van der Waals surface area contributed by atoms with Gasteiger partial charge in [0.1, 0.15) is 5.94 Å². The normalized spacial score (nSPS) is 9.14. The smallest absolute Gasteiger partial charge is 0.120 e. The fraction of sp³-hybridized carbons (Fsp3) is 0.231. The minimum absolute atomic E-state index is 0.787. The van der Waals surface area contributed by atoms with Crippen LogP contribution in [0.15, 0.2) is 43.0 Å². The largest absolute Gasteiger partial charge is 0.234 e. The molecule has 0 aliphatic carbocycles. The third-order valence-electron chi connectivity index (χ3n) is 2.09. The molecule has 1 rings (SSSR count). The van der Waals surface area contributed by atoms with E-state index >= 15 is 0 Å². The van der Waals surface area contributed by atoms with E-state index < -0.39 is 0 Å². The highest BCUT2D eigenvalue weighted by Crippen LogP contribution is 2.17. The number of rotatable bonds is 5. The van der Waals surface area contributed by atoms with Crippen LogP contribution in [0.5, 0.6) is 0 Å². The molecule has 0 bridgehead atoms. The number of benzene rings is 1. The van der Waals surface area contributed by atoms with Gasteiger partial charge in [0, 0.05) is 0 Å². The maximum atomic E-state index is 9.92. The predicted octanol–water partition coefficient (Wildman–Crippen LogP) is 3.26. The van der Waals surface area contributed by atoms with Crippen molar-refractivity contribution in [2.45, 2.75) is 19.3 Å². The van der Waals surface area contributed by atoms with Gasteiger partial charge in [-0.3, -0.25) is 0 Å². The number of hydrogen-bond donors (Lipinski definition) is 0. The Labute approximate surface area is 84.8 Å². The van der Waals surface area contributed by atoms with E-state index in [1.807, 2.05) is 18.2 Å². The van der Waals surface area contributed by atoms with E-state index in [0.29, 0.717) is 0 Å². The van der Waals surface area contributed by atoms with E-state index in [2.05, 4.69) is 18.7 Å². The molecule has 0 saturated heterocycles. The molecule has 0 aliphatic heterocycles. The number of allylic oxidation sites excluding steroid dienone is 2. The molecule has 0 unspecified atom stereocenters. The Bertz CT molecular complexity index is 332. The third-order valence-corrected chi connectivity index (χ3v) is 2.09. The van der Waals surface area contributed by atoms with Gasteiger partial charge in [0.2, 0.25) is 0 Å². The van der Waals surface area contributed by atoms with Crippen molar-refractivity contribution in [3.05, 3.63) is 48.6 Å². The van der Waals surface area contributed by atoms with Gasteiger partial charge in [-0.05, 0) is 36.5 Å². The van der Waals surface area contributed by atoms with E-state index in [1.54, 1.807) is 5.94 Å². The molecule has 1 aromatic carbocycles. The first-order chi connectivity index (χ1) is 6.84.